The highest BCUT2D eigenvalue weighted by atomic mass is 28.3. The van der Waals surface area contributed by atoms with Crippen molar-refractivity contribution < 1.29 is 0 Å². The van der Waals surface area contributed by atoms with Crippen molar-refractivity contribution in [1.29, 1.82) is 0 Å². The minimum absolute atomic E-state index is 0.185. The van der Waals surface area contributed by atoms with Crippen LogP contribution < -0.4 is 0 Å². The van der Waals surface area contributed by atoms with Gasteiger partial charge in [0.1, 0.15) is 8.96 Å². The van der Waals surface area contributed by atoms with Crippen LogP contribution in [-0.2, 0) is 12.8 Å². The molecule has 2 heteroatoms. The summed E-state index contributed by atoms with van der Waals surface area (Å²) in [6.45, 7) is 12.1. The Bertz CT molecular complexity index is 843. The van der Waals surface area contributed by atoms with Crippen LogP contribution in [0.25, 0.3) is 5.57 Å². The molecule has 2 aliphatic rings. The fourth-order valence-corrected chi connectivity index (χ4v) is 7.51. The number of aryl methyl sites for hydroxylation is 2. The van der Waals surface area contributed by atoms with E-state index in [0.29, 0.717) is 6.04 Å². The molecule has 0 heterocycles. The summed E-state index contributed by atoms with van der Waals surface area (Å²) in [5.41, 5.74) is 9.17. The highest BCUT2D eigenvalue weighted by molar-refractivity contribution is 6.53. The van der Waals surface area contributed by atoms with Gasteiger partial charge in [-0.15, -0.1) is 0 Å². The van der Waals surface area contributed by atoms with Crippen LogP contribution in [0.2, 0.25) is 13.1 Å². The zero-order valence-corrected chi connectivity index (χ0v) is 18.0. The standard InChI is InChI=1S/C24H31NSi/c1-24(2,3)25(26(4)5)23-16-20(17-10-7-6-8-11-17)21-14-18-12-9-13-19(18)15-22(21)23/h6-8,10-11,14-16,23,26H,9,12-13H2,1-5H3. The predicted molar refractivity (Wildman–Crippen MR) is 115 cm³/mol. The molecule has 136 valence electrons. The lowest BCUT2D eigenvalue weighted by Gasteiger charge is -2.43. The second-order valence-electron chi connectivity index (χ2n) is 9.12. The van der Waals surface area contributed by atoms with Crippen LogP contribution in [0.15, 0.2) is 48.5 Å². The topological polar surface area (TPSA) is 3.24 Å². The average molecular weight is 362 g/mol. The van der Waals surface area contributed by atoms with Crippen molar-refractivity contribution >= 4 is 14.5 Å². The van der Waals surface area contributed by atoms with E-state index in [-0.39, 0.29) is 5.54 Å². The maximum Gasteiger partial charge on any atom is 0.107 e. The molecule has 1 atom stereocenters. The summed E-state index contributed by atoms with van der Waals surface area (Å²) in [6, 6.07) is 16.4. The molecule has 26 heavy (non-hydrogen) atoms. The van der Waals surface area contributed by atoms with Gasteiger partial charge in [-0.2, -0.15) is 0 Å². The Morgan fingerprint density at radius 2 is 1.62 bits per heavy atom. The number of fused-ring (bicyclic) bond motifs is 2. The summed E-state index contributed by atoms with van der Waals surface area (Å²) in [7, 11) is -0.976. The first kappa shape index (κ1) is 17.8. The molecule has 0 saturated carbocycles. The van der Waals surface area contributed by atoms with Crippen LogP contribution in [0.4, 0.5) is 0 Å². The maximum absolute atomic E-state index is 2.81. The molecule has 0 N–H and O–H groups in total. The zero-order chi connectivity index (χ0) is 18.5. The van der Waals surface area contributed by atoms with Gasteiger partial charge < -0.3 is 4.57 Å². The normalized spacial score (nSPS) is 19.0. The first-order chi connectivity index (χ1) is 12.4. The van der Waals surface area contributed by atoms with Crippen molar-refractivity contribution in [1.82, 2.24) is 4.57 Å². The van der Waals surface area contributed by atoms with E-state index in [1.807, 2.05) is 0 Å². The van der Waals surface area contributed by atoms with Crippen molar-refractivity contribution in [3.63, 3.8) is 0 Å². The number of hydrogen-bond donors (Lipinski definition) is 0. The lowest BCUT2D eigenvalue weighted by molar-refractivity contribution is 0.215. The molecule has 0 aliphatic heterocycles. The number of benzene rings is 2. The average Bonchev–Trinajstić information content (AvgIpc) is 3.17. The van der Waals surface area contributed by atoms with E-state index in [1.54, 1.807) is 16.7 Å². The van der Waals surface area contributed by atoms with Gasteiger partial charge in [0, 0.05) is 11.6 Å². The van der Waals surface area contributed by atoms with Gasteiger partial charge in [-0.3, -0.25) is 0 Å². The summed E-state index contributed by atoms with van der Waals surface area (Å²) in [5.74, 6) is 0. The fraction of sp³-hybridized carbons (Fsp3) is 0.417. The second kappa shape index (κ2) is 6.51. The molecule has 0 spiro atoms. The Labute approximate surface area is 160 Å². The Kier molecular flexibility index (Phi) is 4.44. The third-order valence-electron chi connectivity index (χ3n) is 5.91. The van der Waals surface area contributed by atoms with Crippen molar-refractivity contribution in [3.8, 4) is 0 Å². The van der Waals surface area contributed by atoms with Gasteiger partial charge in [0.05, 0.1) is 0 Å². The van der Waals surface area contributed by atoms with Crippen LogP contribution in [0.5, 0.6) is 0 Å². The number of hydrogen-bond acceptors (Lipinski definition) is 1. The fourth-order valence-electron chi connectivity index (χ4n) is 5.07. The Hall–Kier alpha value is -1.64. The lowest BCUT2D eigenvalue weighted by Crippen LogP contribution is -2.49. The van der Waals surface area contributed by atoms with E-state index in [1.165, 1.54) is 36.0 Å². The van der Waals surface area contributed by atoms with Gasteiger partial charge >= 0.3 is 0 Å². The molecule has 0 radical (unpaired) electrons. The van der Waals surface area contributed by atoms with Gasteiger partial charge in [-0.25, -0.2) is 0 Å². The maximum atomic E-state index is 2.81. The van der Waals surface area contributed by atoms with Gasteiger partial charge in [0.15, 0.2) is 0 Å². The monoisotopic (exact) mass is 361 g/mol. The first-order valence-electron chi connectivity index (χ1n) is 10.1. The molecule has 1 nitrogen and oxygen atoms in total. The third-order valence-corrected chi connectivity index (χ3v) is 8.12. The number of nitrogens with zero attached hydrogens (tertiary/aromatic N) is 1. The van der Waals surface area contributed by atoms with Crippen molar-refractivity contribution in [2.24, 2.45) is 0 Å². The smallest absolute Gasteiger partial charge is 0.107 e. The van der Waals surface area contributed by atoms with E-state index >= 15 is 0 Å². The molecule has 0 bridgehead atoms. The van der Waals surface area contributed by atoms with Crippen LogP contribution in [0.3, 0.4) is 0 Å². The summed E-state index contributed by atoms with van der Waals surface area (Å²) < 4.78 is 2.81. The van der Waals surface area contributed by atoms with Crippen LogP contribution in [-0.4, -0.2) is 19.1 Å². The Morgan fingerprint density at radius 1 is 0.962 bits per heavy atom. The second-order valence-corrected chi connectivity index (χ2v) is 11.9. The van der Waals surface area contributed by atoms with E-state index in [0.717, 1.165) is 0 Å². The molecule has 1 unspecified atom stereocenters. The Balaban J connectivity index is 1.90. The summed E-state index contributed by atoms with van der Waals surface area (Å²) in [6.07, 6.45) is 6.37. The summed E-state index contributed by atoms with van der Waals surface area (Å²) in [5, 5.41) is 0. The van der Waals surface area contributed by atoms with Gasteiger partial charge in [0.25, 0.3) is 0 Å². The van der Waals surface area contributed by atoms with Crippen LogP contribution in [0, 0.1) is 0 Å². The van der Waals surface area contributed by atoms with E-state index in [2.05, 4.69) is 87.0 Å². The summed E-state index contributed by atoms with van der Waals surface area (Å²) in [4.78, 5) is 0. The van der Waals surface area contributed by atoms with Gasteiger partial charge in [-0.1, -0.05) is 61.6 Å². The zero-order valence-electron chi connectivity index (χ0n) is 16.8. The molecule has 0 amide bonds. The molecule has 0 aromatic heterocycles. The molecular weight excluding hydrogens is 330 g/mol. The predicted octanol–water partition coefficient (Wildman–Crippen LogP) is 5.75. The highest BCUT2D eigenvalue weighted by Gasteiger charge is 2.36. The van der Waals surface area contributed by atoms with Crippen molar-refractivity contribution in [2.45, 2.75) is 64.7 Å². The summed E-state index contributed by atoms with van der Waals surface area (Å²) >= 11 is 0. The van der Waals surface area contributed by atoms with E-state index < -0.39 is 8.96 Å². The molecule has 2 aromatic rings. The molecule has 4 rings (SSSR count). The molecular formula is C24H31NSi. The van der Waals surface area contributed by atoms with E-state index in [4.69, 9.17) is 0 Å². The van der Waals surface area contributed by atoms with Crippen LogP contribution >= 0.6 is 0 Å². The van der Waals surface area contributed by atoms with E-state index in [9.17, 15) is 0 Å². The minimum Gasteiger partial charge on any atom is -0.312 e. The third kappa shape index (κ3) is 2.99. The van der Waals surface area contributed by atoms with Crippen molar-refractivity contribution in [2.75, 3.05) is 0 Å². The van der Waals surface area contributed by atoms with Crippen LogP contribution in [0.1, 0.15) is 61.1 Å². The lowest BCUT2D eigenvalue weighted by atomic mass is 9.94. The first-order valence-corrected chi connectivity index (χ1v) is 12.9. The SMILES string of the molecule is C[SiH](C)N(C1C=C(c2ccccc2)c2cc3c(cc21)CCC3)C(C)(C)C. The Morgan fingerprint density at radius 3 is 2.23 bits per heavy atom. The molecule has 2 aromatic carbocycles. The quantitative estimate of drug-likeness (QED) is 0.630. The number of rotatable bonds is 3. The minimum atomic E-state index is -0.976. The van der Waals surface area contributed by atoms with Gasteiger partial charge in [0.2, 0.25) is 0 Å². The molecule has 0 fully saturated rings. The molecule has 2 aliphatic carbocycles. The van der Waals surface area contributed by atoms with Gasteiger partial charge in [-0.05, 0) is 73.4 Å². The largest absolute Gasteiger partial charge is 0.312 e. The van der Waals surface area contributed by atoms with Crippen molar-refractivity contribution in [3.05, 3.63) is 76.4 Å². The molecule has 0 saturated heterocycles. The highest BCUT2D eigenvalue weighted by Crippen LogP contribution is 2.45.